The molecule has 0 amide bonds. The fraction of sp³-hybridized carbons (Fsp3) is 0.125. The van der Waals surface area contributed by atoms with Crippen molar-refractivity contribution in [1.29, 1.82) is 0 Å². The maximum atomic E-state index is 12.5. The van der Waals surface area contributed by atoms with Crippen LogP contribution in [-0.2, 0) is 0 Å². The fourth-order valence-corrected chi connectivity index (χ4v) is 3.17. The average molecular weight is 328 g/mol. The van der Waals surface area contributed by atoms with Crippen molar-refractivity contribution in [2.75, 3.05) is 13.9 Å². The van der Waals surface area contributed by atoms with Crippen molar-refractivity contribution in [3.05, 3.63) is 33.0 Å². The Morgan fingerprint density at radius 3 is 2.67 bits per heavy atom. The van der Waals surface area contributed by atoms with E-state index in [2.05, 4.69) is 0 Å². The molecule has 0 aliphatic carbocycles. The minimum Gasteiger partial charge on any atom is -0.504 e. The van der Waals surface area contributed by atoms with Gasteiger partial charge in [0.25, 0.3) is 0 Å². The number of hydrogen-bond acceptors (Lipinski definition) is 8. The molecule has 120 valence electrons. The lowest BCUT2D eigenvalue weighted by atomic mass is 10.0. The van der Waals surface area contributed by atoms with Crippen LogP contribution in [0.3, 0.4) is 0 Å². The van der Waals surface area contributed by atoms with Gasteiger partial charge >= 0.3 is 11.3 Å². The van der Waals surface area contributed by atoms with Crippen LogP contribution in [0.1, 0.15) is 0 Å². The maximum absolute atomic E-state index is 12.5. The third-order valence-corrected chi connectivity index (χ3v) is 4.12. The van der Waals surface area contributed by atoms with Crippen molar-refractivity contribution in [2.24, 2.45) is 0 Å². The van der Waals surface area contributed by atoms with Gasteiger partial charge in [0, 0.05) is 16.8 Å². The zero-order valence-corrected chi connectivity index (χ0v) is 12.2. The molecule has 8 nitrogen and oxygen atoms in total. The molecule has 1 N–H and O–H groups in total. The monoisotopic (exact) mass is 328 g/mol. The normalized spacial score (nSPS) is 13.4. The summed E-state index contributed by atoms with van der Waals surface area (Å²) in [5, 5.41) is 10.9. The number of fused-ring (bicyclic) bond motifs is 2. The molecule has 2 aromatic carbocycles. The Balaban J connectivity index is 2.21. The molecule has 0 saturated heterocycles. The van der Waals surface area contributed by atoms with Crippen LogP contribution >= 0.6 is 0 Å². The number of hydrogen-bond donors (Lipinski definition) is 1. The molecule has 0 atom stereocenters. The molecule has 0 bridgehead atoms. The lowest BCUT2D eigenvalue weighted by Gasteiger charge is -2.12. The molecule has 8 heteroatoms. The van der Waals surface area contributed by atoms with Crippen molar-refractivity contribution < 1.29 is 28.2 Å². The van der Waals surface area contributed by atoms with E-state index in [1.54, 1.807) is 0 Å². The molecule has 24 heavy (non-hydrogen) atoms. The van der Waals surface area contributed by atoms with Crippen molar-refractivity contribution >= 4 is 32.7 Å². The Morgan fingerprint density at radius 2 is 1.88 bits per heavy atom. The predicted octanol–water partition coefficient (Wildman–Crippen LogP) is 1.93. The third kappa shape index (κ3) is 1.38. The molecule has 5 rings (SSSR count). The molecule has 0 spiro atoms. The van der Waals surface area contributed by atoms with Crippen LogP contribution in [0, 0.1) is 0 Å². The first kappa shape index (κ1) is 13.1. The smallest absolute Gasteiger partial charge is 0.348 e. The number of ether oxygens (including phenoxy) is 3. The molecular weight excluding hydrogens is 320 g/mol. The van der Waals surface area contributed by atoms with Gasteiger partial charge < -0.3 is 28.2 Å². The molecule has 0 saturated carbocycles. The first-order valence-electron chi connectivity index (χ1n) is 6.95. The van der Waals surface area contributed by atoms with Gasteiger partial charge in [-0.25, -0.2) is 9.59 Å². The van der Waals surface area contributed by atoms with E-state index in [1.807, 2.05) is 0 Å². The third-order valence-electron chi connectivity index (χ3n) is 4.12. The van der Waals surface area contributed by atoms with E-state index >= 15 is 0 Å². The minimum absolute atomic E-state index is 0.0261. The lowest BCUT2D eigenvalue weighted by molar-refractivity contribution is 0.174. The summed E-state index contributed by atoms with van der Waals surface area (Å²) in [5.41, 5.74) is -1.26. The largest absolute Gasteiger partial charge is 0.504 e. The van der Waals surface area contributed by atoms with Gasteiger partial charge in [0.1, 0.15) is 11.0 Å². The topological polar surface area (TPSA) is 108 Å². The van der Waals surface area contributed by atoms with Gasteiger partial charge in [-0.15, -0.1) is 0 Å². The highest BCUT2D eigenvalue weighted by Gasteiger charge is 2.28. The molecule has 1 aliphatic rings. The summed E-state index contributed by atoms with van der Waals surface area (Å²) < 4.78 is 26.4. The van der Waals surface area contributed by atoms with Gasteiger partial charge in [0.2, 0.25) is 12.5 Å². The van der Waals surface area contributed by atoms with Crippen molar-refractivity contribution in [1.82, 2.24) is 0 Å². The number of benzene rings is 2. The Hall–Kier alpha value is -3.42. The molecule has 2 aromatic heterocycles. The van der Waals surface area contributed by atoms with E-state index in [0.29, 0.717) is 16.5 Å². The van der Waals surface area contributed by atoms with E-state index < -0.39 is 11.3 Å². The molecular formula is C16H8O8. The van der Waals surface area contributed by atoms with E-state index in [9.17, 15) is 14.7 Å². The summed E-state index contributed by atoms with van der Waals surface area (Å²) in [7, 11) is 1.32. The van der Waals surface area contributed by atoms with Crippen molar-refractivity contribution in [3.63, 3.8) is 0 Å². The van der Waals surface area contributed by atoms with Crippen LogP contribution in [0.2, 0.25) is 0 Å². The van der Waals surface area contributed by atoms with Gasteiger partial charge in [-0.05, 0) is 6.07 Å². The number of phenolic OH excluding ortho intramolecular Hbond substituents is 1. The average Bonchev–Trinajstić information content (AvgIpc) is 3.01. The Morgan fingerprint density at radius 1 is 1.04 bits per heavy atom. The molecule has 0 unspecified atom stereocenters. The Kier molecular flexibility index (Phi) is 2.23. The molecule has 0 radical (unpaired) electrons. The van der Waals surface area contributed by atoms with Crippen LogP contribution in [-0.4, -0.2) is 19.0 Å². The van der Waals surface area contributed by atoms with Gasteiger partial charge in [-0.2, -0.15) is 0 Å². The van der Waals surface area contributed by atoms with E-state index in [0.717, 1.165) is 0 Å². The lowest BCUT2D eigenvalue weighted by Crippen LogP contribution is -2.08. The van der Waals surface area contributed by atoms with Gasteiger partial charge in [-0.1, -0.05) is 0 Å². The summed E-state index contributed by atoms with van der Waals surface area (Å²) in [4.78, 5) is 24.8. The van der Waals surface area contributed by atoms with Crippen LogP contribution in [0.25, 0.3) is 32.7 Å². The zero-order chi connectivity index (χ0) is 16.6. The summed E-state index contributed by atoms with van der Waals surface area (Å²) in [6.45, 7) is -0.0505. The first-order chi connectivity index (χ1) is 11.6. The zero-order valence-electron chi connectivity index (χ0n) is 12.2. The number of phenols is 1. The number of rotatable bonds is 1. The maximum Gasteiger partial charge on any atom is 0.348 e. The molecule has 0 fully saturated rings. The van der Waals surface area contributed by atoms with Crippen LogP contribution in [0.4, 0.5) is 0 Å². The summed E-state index contributed by atoms with van der Waals surface area (Å²) >= 11 is 0. The highest BCUT2D eigenvalue weighted by atomic mass is 16.7. The van der Waals surface area contributed by atoms with Crippen molar-refractivity contribution in [3.8, 4) is 23.0 Å². The highest BCUT2D eigenvalue weighted by Crippen LogP contribution is 2.46. The van der Waals surface area contributed by atoms with E-state index in [-0.39, 0.29) is 46.0 Å². The van der Waals surface area contributed by atoms with E-state index in [4.69, 9.17) is 23.0 Å². The summed E-state index contributed by atoms with van der Waals surface area (Å²) in [6, 6.07) is 2.71. The summed E-state index contributed by atoms with van der Waals surface area (Å²) in [5.74, 6) is 0.168. The number of methoxy groups -OCH3 is 1. The number of aromatic hydroxyl groups is 1. The molecule has 4 aromatic rings. The first-order valence-corrected chi connectivity index (χ1v) is 6.95. The predicted molar refractivity (Wildman–Crippen MR) is 81.6 cm³/mol. The van der Waals surface area contributed by atoms with Gasteiger partial charge in [0.15, 0.2) is 22.8 Å². The van der Waals surface area contributed by atoms with E-state index in [1.165, 1.54) is 19.2 Å². The van der Waals surface area contributed by atoms with Crippen molar-refractivity contribution in [2.45, 2.75) is 0 Å². The second-order valence-corrected chi connectivity index (χ2v) is 5.32. The Bertz CT molecular complexity index is 1260. The minimum atomic E-state index is -0.714. The second kappa shape index (κ2) is 4.10. The van der Waals surface area contributed by atoms with Crippen LogP contribution in [0.15, 0.2) is 30.6 Å². The Labute approximate surface area is 131 Å². The highest BCUT2D eigenvalue weighted by molar-refractivity contribution is 6.22. The van der Waals surface area contributed by atoms with Crippen LogP contribution in [0.5, 0.6) is 23.0 Å². The van der Waals surface area contributed by atoms with Gasteiger partial charge in [0.05, 0.1) is 12.5 Å². The molecule has 3 heterocycles. The van der Waals surface area contributed by atoms with Gasteiger partial charge in [-0.3, -0.25) is 0 Å². The SMILES string of the molecule is COc1c(O)cc2c(=O)oc3cc4c(c5c(=O)oc1c2c35)OCO4. The molecule has 1 aliphatic heterocycles. The quantitative estimate of drug-likeness (QED) is 0.417. The van der Waals surface area contributed by atoms with Crippen LogP contribution < -0.4 is 25.5 Å². The standard InChI is InChI=1S/C16H8O8/c1-20-12-6(17)2-5-9-10-7(23-15(5)18)3-8-13(22-4-21-8)11(10)16(19)24-14(9)12/h2-3,17H,4H2,1H3. The summed E-state index contributed by atoms with van der Waals surface area (Å²) in [6.07, 6.45) is 0. The second-order valence-electron chi connectivity index (χ2n) is 5.32. The fourth-order valence-electron chi connectivity index (χ4n) is 3.17.